The molecule has 0 heterocycles. The summed E-state index contributed by atoms with van der Waals surface area (Å²) in [4.78, 5) is 0. The normalized spacial score (nSPS) is 9.94. The highest BCUT2D eigenvalue weighted by atomic mass is 35.5. The van der Waals surface area contributed by atoms with Crippen LogP contribution >= 0.6 is 12.4 Å². The third-order valence-electron chi connectivity index (χ3n) is 2.33. The van der Waals surface area contributed by atoms with Crippen molar-refractivity contribution in [2.24, 2.45) is 0 Å². The predicted molar refractivity (Wildman–Crippen MR) is 75.3 cm³/mol. The fourth-order valence-electron chi connectivity index (χ4n) is 1.45. The monoisotopic (exact) mass is 259 g/mol. The minimum absolute atomic E-state index is 0. The van der Waals surface area contributed by atoms with Crippen molar-refractivity contribution < 1.29 is 4.74 Å². The van der Waals surface area contributed by atoms with E-state index in [-0.39, 0.29) is 12.4 Å². The van der Waals surface area contributed by atoms with Gasteiger partial charge in [0.1, 0.15) is 0 Å². The third kappa shape index (κ3) is 6.36. The smallest absolute Gasteiger partial charge is 0.0477 e. The van der Waals surface area contributed by atoms with Crippen molar-refractivity contribution in [3.05, 3.63) is 23.8 Å². The van der Waals surface area contributed by atoms with Crippen LogP contribution in [0.15, 0.2) is 18.2 Å². The van der Waals surface area contributed by atoms with Gasteiger partial charge in [0.05, 0.1) is 0 Å². The molecule has 0 fully saturated rings. The number of halogens is 1. The molecule has 0 saturated carbocycles. The van der Waals surface area contributed by atoms with Gasteiger partial charge in [-0.3, -0.25) is 0 Å². The van der Waals surface area contributed by atoms with E-state index >= 15 is 0 Å². The predicted octanol–water partition coefficient (Wildman–Crippen LogP) is 1.79. The van der Waals surface area contributed by atoms with E-state index < -0.39 is 0 Å². The van der Waals surface area contributed by atoms with Crippen LogP contribution in [0.4, 0.5) is 11.4 Å². The Labute approximate surface area is 109 Å². The zero-order valence-electron chi connectivity index (χ0n) is 10.2. The standard InChI is InChI=1S/C12H21N3O.ClH/c1-2-16-7-3-6-15-9-10-8-11(13)4-5-12(10)14;/h4-5,8,15H,2-3,6-7,9,13-14H2,1H3;1H. The molecule has 0 unspecified atom stereocenters. The highest BCUT2D eigenvalue weighted by Crippen LogP contribution is 2.14. The van der Waals surface area contributed by atoms with Gasteiger partial charge in [-0.1, -0.05) is 0 Å². The summed E-state index contributed by atoms with van der Waals surface area (Å²) in [6, 6.07) is 5.56. The van der Waals surface area contributed by atoms with E-state index in [0.29, 0.717) is 0 Å². The average molecular weight is 260 g/mol. The molecule has 0 amide bonds. The lowest BCUT2D eigenvalue weighted by Gasteiger charge is -2.08. The molecule has 0 radical (unpaired) electrons. The molecule has 98 valence electrons. The SMILES string of the molecule is CCOCCCNCc1cc(N)ccc1N.Cl. The maximum Gasteiger partial charge on any atom is 0.0477 e. The van der Waals surface area contributed by atoms with E-state index in [9.17, 15) is 0 Å². The molecule has 0 aliphatic carbocycles. The third-order valence-corrected chi connectivity index (χ3v) is 2.33. The minimum atomic E-state index is 0. The van der Waals surface area contributed by atoms with E-state index in [1.54, 1.807) is 0 Å². The van der Waals surface area contributed by atoms with E-state index in [1.165, 1.54) is 0 Å². The van der Waals surface area contributed by atoms with Crippen molar-refractivity contribution in [2.45, 2.75) is 19.9 Å². The molecule has 1 rings (SSSR count). The van der Waals surface area contributed by atoms with Crippen LogP contribution in [-0.4, -0.2) is 19.8 Å². The highest BCUT2D eigenvalue weighted by molar-refractivity contribution is 5.85. The highest BCUT2D eigenvalue weighted by Gasteiger charge is 1.98. The maximum atomic E-state index is 5.83. The average Bonchev–Trinajstić information content (AvgIpc) is 2.28. The van der Waals surface area contributed by atoms with Crippen LogP contribution < -0.4 is 16.8 Å². The summed E-state index contributed by atoms with van der Waals surface area (Å²) in [6.45, 7) is 5.26. The number of benzene rings is 1. The largest absolute Gasteiger partial charge is 0.399 e. The molecule has 17 heavy (non-hydrogen) atoms. The van der Waals surface area contributed by atoms with E-state index in [0.717, 1.165) is 49.7 Å². The number of nitrogen functional groups attached to an aromatic ring is 2. The summed E-state index contributed by atoms with van der Waals surface area (Å²) in [5.74, 6) is 0. The topological polar surface area (TPSA) is 73.3 Å². The Morgan fingerprint density at radius 3 is 2.76 bits per heavy atom. The Kier molecular flexibility index (Phi) is 8.58. The van der Waals surface area contributed by atoms with Gasteiger partial charge in [-0.2, -0.15) is 0 Å². The van der Waals surface area contributed by atoms with Crippen molar-refractivity contribution in [2.75, 3.05) is 31.2 Å². The van der Waals surface area contributed by atoms with Crippen molar-refractivity contribution in [3.8, 4) is 0 Å². The van der Waals surface area contributed by atoms with Gasteiger partial charge in [-0.15, -0.1) is 12.4 Å². The molecule has 5 heteroatoms. The van der Waals surface area contributed by atoms with Crippen LogP contribution in [0.25, 0.3) is 0 Å². The van der Waals surface area contributed by atoms with E-state index in [4.69, 9.17) is 16.2 Å². The molecule has 0 aliphatic rings. The van der Waals surface area contributed by atoms with Gasteiger partial charge < -0.3 is 21.5 Å². The Balaban J connectivity index is 0.00000256. The lowest BCUT2D eigenvalue weighted by Crippen LogP contribution is -2.17. The summed E-state index contributed by atoms with van der Waals surface area (Å²) >= 11 is 0. The second-order valence-electron chi connectivity index (χ2n) is 3.69. The van der Waals surface area contributed by atoms with Gasteiger partial charge in [-0.05, 0) is 43.7 Å². The fourth-order valence-corrected chi connectivity index (χ4v) is 1.45. The minimum Gasteiger partial charge on any atom is -0.399 e. The quantitative estimate of drug-likeness (QED) is 0.516. The zero-order valence-corrected chi connectivity index (χ0v) is 11.1. The lowest BCUT2D eigenvalue weighted by molar-refractivity contribution is 0.144. The zero-order chi connectivity index (χ0) is 11.8. The molecular formula is C12H22ClN3O. The first-order valence-corrected chi connectivity index (χ1v) is 5.66. The molecule has 0 bridgehead atoms. The van der Waals surface area contributed by atoms with Gasteiger partial charge in [0, 0.05) is 31.1 Å². The van der Waals surface area contributed by atoms with E-state index in [1.807, 2.05) is 25.1 Å². The fraction of sp³-hybridized carbons (Fsp3) is 0.500. The molecule has 1 aromatic carbocycles. The van der Waals surface area contributed by atoms with Gasteiger partial charge in [0.2, 0.25) is 0 Å². The summed E-state index contributed by atoms with van der Waals surface area (Å²) < 4.78 is 5.24. The van der Waals surface area contributed by atoms with E-state index in [2.05, 4.69) is 5.32 Å². The van der Waals surface area contributed by atoms with Crippen LogP contribution in [0, 0.1) is 0 Å². The lowest BCUT2D eigenvalue weighted by atomic mass is 10.1. The molecular weight excluding hydrogens is 238 g/mol. The Morgan fingerprint density at radius 2 is 2.06 bits per heavy atom. The van der Waals surface area contributed by atoms with Gasteiger partial charge in [0.25, 0.3) is 0 Å². The number of rotatable bonds is 7. The van der Waals surface area contributed by atoms with Gasteiger partial charge in [-0.25, -0.2) is 0 Å². The summed E-state index contributed by atoms with van der Waals surface area (Å²) in [5, 5.41) is 3.31. The second kappa shape index (κ2) is 9.10. The number of hydrogen-bond acceptors (Lipinski definition) is 4. The number of nitrogens with two attached hydrogens (primary N) is 2. The van der Waals surface area contributed by atoms with Crippen LogP contribution in [0.3, 0.4) is 0 Å². The maximum absolute atomic E-state index is 5.83. The van der Waals surface area contributed by atoms with Crippen LogP contribution in [0.5, 0.6) is 0 Å². The molecule has 0 aliphatic heterocycles. The van der Waals surface area contributed by atoms with Gasteiger partial charge in [0.15, 0.2) is 0 Å². The molecule has 0 spiro atoms. The molecule has 0 aromatic heterocycles. The number of hydrogen-bond donors (Lipinski definition) is 3. The second-order valence-corrected chi connectivity index (χ2v) is 3.69. The van der Waals surface area contributed by atoms with Crippen molar-refractivity contribution in [1.29, 1.82) is 0 Å². The number of anilines is 2. The van der Waals surface area contributed by atoms with Crippen molar-refractivity contribution >= 4 is 23.8 Å². The summed E-state index contributed by atoms with van der Waals surface area (Å²) in [6.07, 6.45) is 1.01. The molecule has 4 nitrogen and oxygen atoms in total. The first-order valence-electron chi connectivity index (χ1n) is 5.66. The number of ether oxygens (including phenoxy) is 1. The van der Waals surface area contributed by atoms with Crippen LogP contribution in [-0.2, 0) is 11.3 Å². The van der Waals surface area contributed by atoms with Crippen molar-refractivity contribution in [3.63, 3.8) is 0 Å². The van der Waals surface area contributed by atoms with Crippen LogP contribution in [0.1, 0.15) is 18.9 Å². The molecule has 5 N–H and O–H groups in total. The van der Waals surface area contributed by atoms with Gasteiger partial charge >= 0.3 is 0 Å². The molecule has 0 saturated heterocycles. The first-order chi connectivity index (χ1) is 7.74. The Morgan fingerprint density at radius 1 is 1.29 bits per heavy atom. The molecule has 0 atom stereocenters. The first kappa shape index (κ1) is 16.0. The van der Waals surface area contributed by atoms with Crippen molar-refractivity contribution in [1.82, 2.24) is 5.32 Å². The summed E-state index contributed by atoms with van der Waals surface area (Å²) in [5.41, 5.74) is 14.1. The van der Waals surface area contributed by atoms with Crippen LogP contribution in [0.2, 0.25) is 0 Å². The summed E-state index contributed by atoms with van der Waals surface area (Å²) in [7, 11) is 0. The Bertz CT molecular complexity index is 321. The molecule has 1 aromatic rings. The number of nitrogens with one attached hydrogen (secondary N) is 1. The Hall–Kier alpha value is -0.970.